The van der Waals surface area contributed by atoms with Crippen molar-refractivity contribution in [3.8, 4) is 17.2 Å². The van der Waals surface area contributed by atoms with Gasteiger partial charge < -0.3 is 24.6 Å². The number of rotatable bonds is 9. The van der Waals surface area contributed by atoms with Crippen molar-refractivity contribution in [3.63, 3.8) is 0 Å². The number of nitrogens with zero attached hydrogens (tertiary/aromatic N) is 1. The monoisotopic (exact) mass is 416 g/mol. The lowest BCUT2D eigenvalue weighted by Crippen LogP contribution is -2.45. The molecule has 0 bridgehead atoms. The molecule has 8 heteroatoms. The molecule has 1 amide bonds. The van der Waals surface area contributed by atoms with Crippen LogP contribution in [0, 0.1) is 5.92 Å². The molecular weight excluding hydrogens is 388 g/mol. The molecule has 0 fully saturated rings. The van der Waals surface area contributed by atoms with E-state index in [2.05, 4.69) is 10.3 Å². The van der Waals surface area contributed by atoms with Gasteiger partial charge in [-0.15, -0.1) is 0 Å². The van der Waals surface area contributed by atoms with E-state index in [-0.39, 0.29) is 17.4 Å². The summed E-state index contributed by atoms with van der Waals surface area (Å²) in [5, 5.41) is 12.5. The molecule has 0 spiro atoms. The molecule has 162 valence electrons. The van der Waals surface area contributed by atoms with Crippen LogP contribution in [-0.4, -0.2) is 47.3 Å². The molecule has 0 aliphatic rings. The molecular formula is C22H28N2O6. The van der Waals surface area contributed by atoms with E-state index in [1.807, 2.05) is 51.1 Å². The van der Waals surface area contributed by atoms with Crippen LogP contribution in [0.1, 0.15) is 38.2 Å². The third-order valence-electron chi connectivity index (χ3n) is 4.46. The van der Waals surface area contributed by atoms with Crippen molar-refractivity contribution >= 4 is 11.9 Å². The first kappa shape index (κ1) is 23.0. The standard InChI is InChI=1S/C22H28N2O6/c1-13(2)20(15(4)29-16-9-7-6-8-10-16)30-22(27)14(3)24-21(26)18-19(25)17(28-5)11-12-23-18/h6-15,20,25H,1-5H3,(H,24,26). The molecule has 8 nitrogen and oxygen atoms in total. The van der Waals surface area contributed by atoms with E-state index in [4.69, 9.17) is 14.2 Å². The second kappa shape index (κ2) is 10.5. The lowest BCUT2D eigenvalue weighted by molar-refractivity contribution is -0.158. The highest BCUT2D eigenvalue weighted by molar-refractivity contribution is 5.97. The van der Waals surface area contributed by atoms with Gasteiger partial charge in [-0.25, -0.2) is 9.78 Å². The van der Waals surface area contributed by atoms with Gasteiger partial charge in [-0.3, -0.25) is 4.79 Å². The van der Waals surface area contributed by atoms with E-state index < -0.39 is 35.9 Å². The minimum absolute atomic E-state index is 0.0142. The predicted octanol–water partition coefficient (Wildman–Crippen LogP) is 2.95. The summed E-state index contributed by atoms with van der Waals surface area (Å²) in [6.07, 6.45) is 0.400. The molecule has 0 saturated carbocycles. The van der Waals surface area contributed by atoms with E-state index in [1.165, 1.54) is 26.3 Å². The molecule has 1 aromatic carbocycles. The van der Waals surface area contributed by atoms with Crippen LogP contribution in [0.5, 0.6) is 17.2 Å². The van der Waals surface area contributed by atoms with Gasteiger partial charge in [-0.2, -0.15) is 0 Å². The van der Waals surface area contributed by atoms with Gasteiger partial charge in [-0.1, -0.05) is 32.0 Å². The highest BCUT2D eigenvalue weighted by atomic mass is 16.6. The van der Waals surface area contributed by atoms with Gasteiger partial charge >= 0.3 is 5.97 Å². The van der Waals surface area contributed by atoms with E-state index in [1.54, 1.807) is 0 Å². The normalized spacial score (nSPS) is 13.8. The summed E-state index contributed by atoms with van der Waals surface area (Å²) in [5.41, 5.74) is -0.241. The number of aromatic nitrogens is 1. The summed E-state index contributed by atoms with van der Waals surface area (Å²) in [6.45, 7) is 7.17. The quantitative estimate of drug-likeness (QED) is 0.605. The van der Waals surface area contributed by atoms with Gasteiger partial charge in [0.15, 0.2) is 17.2 Å². The molecule has 1 aromatic heterocycles. The average molecular weight is 416 g/mol. The Bertz CT molecular complexity index is 856. The van der Waals surface area contributed by atoms with Crippen LogP contribution < -0.4 is 14.8 Å². The SMILES string of the molecule is COc1ccnc(C(=O)NC(C)C(=O)OC(C(C)C)C(C)Oc2ccccc2)c1O. The summed E-state index contributed by atoms with van der Waals surface area (Å²) in [6, 6.07) is 9.71. The minimum atomic E-state index is -0.963. The molecule has 2 aromatic rings. The largest absolute Gasteiger partial charge is 0.503 e. The zero-order chi connectivity index (χ0) is 22.3. The summed E-state index contributed by atoms with van der Waals surface area (Å²) in [7, 11) is 1.36. The van der Waals surface area contributed by atoms with Crippen molar-refractivity contribution in [2.75, 3.05) is 7.11 Å². The minimum Gasteiger partial charge on any atom is -0.503 e. The number of carbonyl (C=O) groups is 2. The molecule has 30 heavy (non-hydrogen) atoms. The Hall–Kier alpha value is -3.29. The number of hydrogen-bond acceptors (Lipinski definition) is 7. The maximum absolute atomic E-state index is 12.6. The van der Waals surface area contributed by atoms with Crippen LogP contribution in [0.15, 0.2) is 42.6 Å². The number of pyridine rings is 1. The van der Waals surface area contributed by atoms with Crippen molar-refractivity contribution in [2.45, 2.75) is 45.9 Å². The molecule has 3 atom stereocenters. The van der Waals surface area contributed by atoms with Crippen LogP contribution >= 0.6 is 0 Å². The number of ether oxygens (including phenoxy) is 3. The maximum atomic E-state index is 12.6. The van der Waals surface area contributed by atoms with Crippen LogP contribution in [-0.2, 0) is 9.53 Å². The first-order chi connectivity index (χ1) is 14.2. The topological polar surface area (TPSA) is 107 Å². The van der Waals surface area contributed by atoms with Gasteiger partial charge in [0.25, 0.3) is 5.91 Å². The molecule has 2 N–H and O–H groups in total. The van der Waals surface area contributed by atoms with E-state index >= 15 is 0 Å². The smallest absolute Gasteiger partial charge is 0.328 e. The molecule has 3 unspecified atom stereocenters. The van der Waals surface area contributed by atoms with E-state index in [0.717, 1.165) is 0 Å². The van der Waals surface area contributed by atoms with Crippen molar-refractivity contribution in [1.82, 2.24) is 10.3 Å². The molecule has 0 aliphatic carbocycles. The summed E-state index contributed by atoms with van der Waals surface area (Å²) in [5.74, 6) is -0.967. The van der Waals surface area contributed by atoms with Gasteiger partial charge in [-0.05, 0) is 31.9 Å². The molecule has 2 rings (SSSR count). The van der Waals surface area contributed by atoms with Crippen LogP contribution in [0.25, 0.3) is 0 Å². The number of esters is 1. The predicted molar refractivity (Wildman–Crippen MR) is 111 cm³/mol. The fourth-order valence-electron chi connectivity index (χ4n) is 2.88. The van der Waals surface area contributed by atoms with Gasteiger partial charge in [0, 0.05) is 12.3 Å². The van der Waals surface area contributed by atoms with Gasteiger partial charge in [0.1, 0.15) is 24.0 Å². The van der Waals surface area contributed by atoms with Crippen molar-refractivity contribution in [2.24, 2.45) is 5.92 Å². The number of carbonyl (C=O) groups excluding carboxylic acids is 2. The Kier molecular flexibility index (Phi) is 8.03. The Morgan fingerprint density at radius 2 is 1.73 bits per heavy atom. The van der Waals surface area contributed by atoms with Crippen LogP contribution in [0.2, 0.25) is 0 Å². The molecule has 0 aliphatic heterocycles. The van der Waals surface area contributed by atoms with Crippen molar-refractivity contribution < 1.29 is 28.9 Å². The fourth-order valence-corrected chi connectivity index (χ4v) is 2.88. The van der Waals surface area contributed by atoms with Gasteiger partial charge in [0.2, 0.25) is 0 Å². The molecule has 0 saturated heterocycles. The van der Waals surface area contributed by atoms with Gasteiger partial charge in [0.05, 0.1) is 7.11 Å². The highest BCUT2D eigenvalue weighted by Crippen LogP contribution is 2.27. The maximum Gasteiger partial charge on any atom is 0.328 e. The second-order valence-electron chi connectivity index (χ2n) is 7.19. The summed E-state index contributed by atoms with van der Waals surface area (Å²) < 4.78 is 16.5. The summed E-state index contributed by atoms with van der Waals surface area (Å²) in [4.78, 5) is 28.9. The lowest BCUT2D eigenvalue weighted by atomic mass is 10.0. The molecule has 1 heterocycles. The first-order valence-corrected chi connectivity index (χ1v) is 9.69. The van der Waals surface area contributed by atoms with E-state index in [0.29, 0.717) is 5.75 Å². The first-order valence-electron chi connectivity index (χ1n) is 9.69. The molecule has 0 radical (unpaired) electrons. The number of benzene rings is 1. The van der Waals surface area contributed by atoms with Crippen LogP contribution in [0.4, 0.5) is 0 Å². The Labute approximate surface area is 176 Å². The Morgan fingerprint density at radius 3 is 2.33 bits per heavy atom. The number of hydrogen-bond donors (Lipinski definition) is 2. The third-order valence-corrected chi connectivity index (χ3v) is 4.46. The second-order valence-corrected chi connectivity index (χ2v) is 7.19. The number of methoxy groups -OCH3 is 1. The highest BCUT2D eigenvalue weighted by Gasteiger charge is 2.30. The Balaban J connectivity index is 2.02. The lowest BCUT2D eigenvalue weighted by Gasteiger charge is -2.29. The average Bonchev–Trinajstić information content (AvgIpc) is 2.72. The fraction of sp³-hybridized carbons (Fsp3) is 0.409. The third kappa shape index (κ3) is 5.85. The number of nitrogens with one attached hydrogen (secondary N) is 1. The van der Waals surface area contributed by atoms with Crippen LogP contribution in [0.3, 0.4) is 0 Å². The number of amides is 1. The zero-order valence-corrected chi connectivity index (χ0v) is 17.8. The Morgan fingerprint density at radius 1 is 1.07 bits per heavy atom. The number of aromatic hydroxyl groups is 1. The zero-order valence-electron chi connectivity index (χ0n) is 17.8. The van der Waals surface area contributed by atoms with Crippen molar-refractivity contribution in [3.05, 3.63) is 48.3 Å². The van der Waals surface area contributed by atoms with E-state index in [9.17, 15) is 14.7 Å². The number of para-hydroxylation sites is 1. The van der Waals surface area contributed by atoms with Crippen molar-refractivity contribution in [1.29, 1.82) is 0 Å². The summed E-state index contributed by atoms with van der Waals surface area (Å²) >= 11 is 0.